The molecule has 1 aliphatic rings. The van der Waals surface area contributed by atoms with Crippen LogP contribution in [-0.4, -0.2) is 99.2 Å². The zero-order chi connectivity index (χ0) is 84.8. The van der Waals surface area contributed by atoms with Crippen LogP contribution >= 0.6 is 0 Å². The quantitative estimate of drug-likeness (QED) is 0.0487. The van der Waals surface area contributed by atoms with E-state index in [4.69, 9.17) is 0 Å². The van der Waals surface area contributed by atoms with Crippen molar-refractivity contribution in [1.29, 1.82) is 0 Å². The second-order valence-electron chi connectivity index (χ2n) is 32.9. The van der Waals surface area contributed by atoms with Crippen LogP contribution in [0, 0.1) is 187 Å². The number of hydrogen-bond acceptors (Lipinski definition) is 12. The minimum atomic E-state index is -8.28. The van der Waals surface area contributed by atoms with Crippen LogP contribution in [0.4, 0.5) is 0 Å². The molecule has 0 spiro atoms. The Morgan fingerprint density at radius 2 is 0.360 bits per heavy atom. The zero-order valence-corrected chi connectivity index (χ0v) is 77.2. The molecule has 0 saturated heterocycles. The van der Waals surface area contributed by atoms with Gasteiger partial charge in [0.15, 0.2) is 0 Å². The molecule has 0 aliphatic heterocycles. The van der Waals surface area contributed by atoms with Crippen LogP contribution in [0.2, 0.25) is 4.75 Å². The Morgan fingerprint density at radius 3 is 0.509 bits per heavy atom. The molecule has 114 heavy (non-hydrogen) atoms. The molecule has 1 aliphatic carbocycles. The average molecular weight is 1700 g/mol. The molecule has 10 rings (SSSR count). The van der Waals surface area contributed by atoms with Gasteiger partial charge in [-0.15, -0.1) is 0 Å². The van der Waals surface area contributed by atoms with E-state index in [0.717, 1.165) is 0 Å². The second kappa shape index (κ2) is 32.2. The van der Waals surface area contributed by atoms with Crippen molar-refractivity contribution in [2.45, 2.75) is 192 Å². The number of rotatable bonds is 21. The maximum absolute atomic E-state index is 19.6. The van der Waals surface area contributed by atoms with Gasteiger partial charge in [0, 0.05) is 0 Å². The molecule has 580 valence electrons. The van der Waals surface area contributed by atoms with E-state index in [1.165, 1.54) is 0 Å². The maximum atomic E-state index is 19.6. The van der Waals surface area contributed by atoms with E-state index in [2.05, 4.69) is 0 Å². The van der Waals surface area contributed by atoms with Gasteiger partial charge in [-0.1, -0.05) is 0 Å². The van der Waals surface area contributed by atoms with Crippen molar-refractivity contribution in [3.63, 3.8) is 0 Å². The van der Waals surface area contributed by atoms with Crippen LogP contribution in [0.25, 0.3) is 0 Å². The molecule has 15 heteroatoms. The number of carbonyl (C=O) groups excluding carboxylic acids is 12. The Morgan fingerprint density at radius 1 is 0.211 bits per heavy atom. The second-order valence-corrected chi connectivity index (χ2v) is 54.6. The number of hydrogen-bond donors (Lipinski definition) is 0. The van der Waals surface area contributed by atoms with E-state index in [-0.39, 0.29) is 150 Å². The molecule has 0 radical (unpaired) electrons. The van der Waals surface area contributed by atoms with Crippen molar-refractivity contribution in [2.24, 2.45) is 0 Å². The molecule has 0 aromatic heterocycles. The summed E-state index contributed by atoms with van der Waals surface area (Å²) in [6.07, 6.45) is 0. The fraction of sp³-hybridized carbons (Fsp3) is 0.283. The first-order valence-electron chi connectivity index (χ1n) is 38.5. The molecule has 12 nitrogen and oxygen atoms in total. The molecule has 0 fully saturated rings. The van der Waals surface area contributed by atoms with Gasteiger partial charge >= 0.3 is 683 Å². The molecular formula is C99H100Ge3O12. The molecule has 9 aromatic rings. The fourth-order valence-corrected chi connectivity index (χ4v) is 59.7. The van der Waals surface area contributed by atoms with Gasteiger partial charge < -0.3 is 0 Å². The van der Waals surface area contributed by atoms with Crippen LogP contribution < -0.4 is 0 Å². The Balaban J connectivity index is 1.84. The first-order chi connectivity index (χ1) is 53.3. The third-order valence-corrected chi connectivity index (χ3v) is 52.1. The summed E-state index contributed by atoms with van der Waals surface area (Å²) in [6, 6.07) is 30.3. The molecule has 0 saturated carbocycles. The van der Waals surface area contributed by atoms with Gasteiger partial charge in [-0.3, -0.25) is 0 Å². The van der Waals surface area contributed by atoms with Crippen molar-refractivity contribution >= 4 is 99.2 Å². The van der Waals surface area contributed by atoms with Gasteiger partial charge in [0.2, 0.25) is 0 Å². The van der Waals surface area contributed by atoms with Gasteiger partial charge in [-0.05, 0) is 0 Å². The van der Waals surface area contributed by atoms with E-state index >= 15 is 57.5 Å². The summed E-state index contributed by atoms with van der Waals surface area (Å²) < 4.78 is -16.0. The van der Waals surface area contributed by atoms with Crippen molar-refractivity contribution in [3.8, 4) is 0 Å². The molecule has 0 bridgehead atoms. The van der Waals surface area contributed by atoms with Crippen molar-refractivity contribution in [1.82, 2.24) is 0 Å². The van der Waals surface area contributed by atoms with Crippen LogP contribution in [0.5, 0.6) is 0 Å². The predicted octanol–water partition coefficient (Wildman–Crippen LogP) is 19.5. The SMILES string of the molecule is Cc1cc(C)c([C](=O)[Ge]([C](=O)c2c(C)cc(C)cc2C)([C](=O)c2c(C)cc(C)cc2C)[C]2=[C]([Ge]([C](=O)c3c(C)cc(C)cc3C)([C](=O)c3c(C)cc(C)cc3C)[C](=O)c3c(C)cc(C)cc3C)[CH]([Ge]([C](=O)c3c(C)cc(C)cc3C)([C](=O)c3c(C)cc(C)cc3C)[C](=O)c3c(C)cc(C)cc3C)C(=C=O)C(=C=O)C2=C=O)c(C)c1. The van der Waals surface area contributed by atoms with Gasteiger partial charge in [0.25, 0.3) is 0 Å². The summed E-state index contributed by atoms with van der Waals surface area (Å²) in [7, 11) is 0. The van der Waals surface area contributed by atoms with Crippen molar-refractivity contribution in [3.05, 3.63) is 335 Å². The van der Waals surface area contributed by atoms with Gasteiger partial charge in [-0.25, -0.2) is 0 Å². The Kier molecular flexibility index (Phi) is 24.3. The topological polar surface area (TPSA) is 205 Å². The van der Waals surface area contributed by atoms with Gasteiger partial charge in [0.05, 0.1) is 0 Å². The summed E-state index contributed by atoms with van der Waals surface area (Å²) in [6.45, 7) is 45.3. The number of carbonyl (C=O) groups is 9. The molecule has 0 heterocycles. The zero-order valence-electron chi connectivity index (χ0n) is 70.9. The van der Waals surface area contributed by atoms with Crippen LogP contribution in [0.1, 0.15) is 243 Å². The molecule has 9 aromatic carbocycles. The van der Waals surface area contributed by atoms with Gasteiger partial charge in [-0.2, -0.15) is 0 Å². The molecular weight excluding hydrogens is 1600 g/mol. The molecule has 1 unspecified atom stereocenters. The van der Waals surface area contributed by atoms with Crippen molar-refractivity contribution in [2.75, 3.05) is 0 Å². The van der Waals surface area contributed by atoms with Crippen LogP contribution in [0.15, 0.2) is 135 Å². The summed E-state index contributed by atoms with van der Waals surface area (Å²) >= 11 is -24.4. The first-order valence-corrected chi connectivity index (χ1v) is 51.2. The van der Waals surface area contributed by atoms with E-state index in [9.17, 15) is 0 Å². The average Bonchev–Trinajstić information content (AvgIpc) is 0.661. The third-order valence-electron chi connectivity index (χ3n) is 23.4. The van der Waals surface area contributed by atoms with Crippen LogP contribution in [-0.2, 0) is 14.4 Å². The first kappa shape index (κ1) is 86.1. The summed E-state index contributed by atoms with van der Waals surface area (Å²) in [4.78, 5) is 223. The predicted molar refractivity (Wildman–Crippen MR) is 461 cm³/mol. The Labute approximate surface area is 678 Å². The summed E-state index contributed by atoms with van der Waals surface area (Å²) in [5.41, 5.74) is 3.87. The Bertz CT molecular complexity index is 5390. The third kappa shape index (κ3) is 14.0. The molecule has 0 N–H and O–H groups in total. The normalized spacial score (nSPS) is 13.2. The standard InChI is InChI=1S/C99H100Ge3O12/c1-49-28-58(10)79(59(11)29-49)91(106)100(92(107)80-60(12)30-50(2)31-61(80)13,93(108)81-62(14)32-51(3)33-63(81)15)88-77(47-104)76(46-103)78(48-105)89(101(94(109)82-64(16)34-52(4)35-65(82)17,95(110)83-66(18)36-53(5)37-67(83)19)96(111)84-68(20)38-54(6)39-69(84)21)90(88)102(97(112)85-70(22)40-55(7)41-71(85)23,98(113)86-72(24)42-56(8)43-73(86)25)99(114)87-74(26)44-57(9)45-75(87)27/h28-45,88H,1-27H3. The fourth-order valence-electron chi connectivity index (χ4n) is 20.0. The van der Waals surface area contributed by atoms with Crippen LogP contribution in [0.3, 0.4) is 0 Å². The number of benzene rings is 9. The molecule has 1 atom stereocenters. The van der Waals surface area contributed by atoms with E-state index in [1.807, 2.05) is 17.8 Å². The van der Waals surface area contributed by atoms with Crippen molar-refractivity contribution < 1.29 is 57.5 Å². The Hall–Kier alpha value is -10.3. The monoisotopic (exact) mass is 1700 g/mol. The van der Waals surface area contributed by atoms with Gasteiger partial charge in [0.1, 0.15) is 0 Å². The minimum absolute atomic E-state index is 0.195. The summed E-state index contributed by atoms with van der Waals surface area (Å²) in [5, 5.41) is 0. The molecule has 0 amide bonds. The number of aryl methyl sites for hydroxylation is 27. The van der Waals surface area contributed by atoms with E-state index in [1.54, 1.807) is 296 Å². The summed E-state index contributed by atoms with van der Waals surface area (Å²) in [5.74, 6) is 5.86. The van der Waals surface area contributed by atoms with E-state index in [0.29, 0.717) is 50.1 Å². The van der Waals surface area contributed by atoms with E-state index < -0.39 is 112 Å². The number of allylic oxidation sites excluding steroid dienone is 5.